The van der Waals surface area contributed by atoms with Crippen LogP contribution >= 0.6 is 11.6 Å². The second-order valence-electron chi connectivity index (χ2n) is 6.69. The maximum absolute atomic E-state index is 13.1. The van der Waals surface area contributed by atoms with Gasteiger partial charge in [0.05, 0.1) is 10.9 Å². The molecule has 1 aliphatic heterocycles. The highest BCUT2D eigenvalue weighted by Crippen LogP contribution is 2.39. The minimum absolute atomic E-state index is 0.0652. The summed E-state index contributed by atoms with van der Waals surface area (Å²) in [5, 5.41) is 8.60. The molecule has 0 radical (unpaired) electrons. The van der Waals surface area contributed by atoms with Crippen molar-refractivity contribution >= 4 is 17.5 Å². The molecule has 0 saturated carbocycles. The van der Waals surface area contributed by atoms with Gasteiger partial charge in [0.25, 0.3) is 5.91 Å². The second kappa shape index (κ2) is 7.15. The predicted octanol–water partition coefficient (Wildman–Crippen LogP) is 3.27. The maximum atomic E-state index is 13.1. The molecular weight excluding hydrogens is 366 g/mol. The first-order valence-corrected chi connectivity index (χ1v) is 9.32. The Morgan fingerprint density at radius 1 is 1.26 bits per heavy atom. The van der Waals surface area contributed by atoms with Crippen LogP contribution in [-0.2, 0) is 6.54 Å². The van der Waals surface area contributed by atoms with Crippen molar-refractivity contribution in [1.82, 2.24) is 24.8 Å². The van der Waals surface area contributed by atoms with Gasteiger partial charge in [0.2, 0.25) is 5.89 Å². The standard InChI is InChI=1S/C19H20ClN5O2/c1-3-25-11-16(20)17(22-25)19(26)24-9-14(13-7-5-4-6-8-13)15(10-24)18-21-12(2)23-27-18/h4-8,11,14-15H,3,9-10H2,1-2H3/t14-,15+/m1/s1. The van der Waals surface area contributed by atoms with Gasteiger partial charge in [-0.3, -0.25) is 9.48 Å². The first-order valence-electron chi connectivity index (χ1n) is 8.94. The normalized spacial score (nSPS) is 19.6. The summed E-state index contributed by atoms with van der Waals surface area (Å²) in [6, 6.07) is 10.1. The van der Waals surface area contributed by atoms with E-state index in [4.69, 9.17) is 16.1 Å². The Balaban J connectivity index is 1.65. The lowest BCUT2D eigenvalue weighted by molar-refractivity contribution is 0.0781. The first-order chi connectivity index (χ1) is 13.1. The molecule has 0 bridgehead atoms. The Morgan fingerprint density at radius 2 is 2.00 bits per heavy atom. The topological polar surface area (TPSA) is 77.0 Å². The van der Waals surface area contributed by atoms with Gasteiger partial charge in [0.15, 0.2) is 11.5 Å². The lowest BCUT2D eigenvalue weighted by Crippen LogP contribution is -2.29. The Bertz CT molecular complexity index is 952. The number of nitrogens with zero attached hydrogens (tertiary/aromatic N) is 5. The maximum Gasteiger partial charge on any atom is 0.275 e. The summed E-state index contributed by atoms with van der Waals surface area (Å²) in [6.07, 6.45) is 1.68. The fraction of sp³-hybridized carbons (Fsp3) is 0.368. The van der Waals surface area contributed by atoms with Crippen molar-refractivity contribution in [2.45, 2.75) is 32.2 Å². The molecule has 2 aromatic heterocycles. The number of carbonyl (C=O) groups is 1. The average molecular weight is 386 g/mol. The van der Waals surface area contributed by atoms with E-state index < -0.39 is 0 Å². The first kappa shape index (κ1) is 17.7. The number of hydrogen-bond donors (Lipinski definition) is 0. The van der Waals surface area contributed by atoms with E-state index >= 15 is 0 Å². The number of hydrogen-bond acceptors (Lipinski definition) is 5. The molecule has 3 heterocycles. The summed E-state index contributed by atoms with van der Waals surface area (Å²) in [6.45, 7) is 5.43. The fourth-order valence-corrected chi connectivity index (χ4v) is 3.81. The third-order valence-corrected chi connectivity index (χ3v) is 5.22. The molecule has 27 heavy (non-hydrogen) atoms. The number of aryl methyl sites for hydroxylation is 2. The van der Waals surface area contributed by atoms with Crippen LogP contribution in [0.1, 0.15) is 46.5 Å². The summed E-state index contributed by atoms with van der Waals surface area (Å²) in [4.78, 5) is 19.2. The summed E-state index contributed by atoms with van der Waals surface area (Å²) in [5.74, 6) is 0.978. The largest absolute Gasteiger partial charge is 0.339 e. The summed E-state index contributed by atoms with van der Waals surface area (Å²) >= 11 is 6.24. The molecule has 7 nitrogen and oxygen atoms in total. The van der Waals surface area contributed by atoms with Crippen LogP contribution in [0.15, 0.2) is 41.1 Å². The molecule has 2 atom stereocenters. The van der Waals surface area contributed by atoms with E-state index in [0.29, 0.717) is 36.4 Å². The molecule has 1 amide bonds. The van der Waals surface area contributed by atoms with Crippen molar-refractivity contribution < 1.29 is 9.32 Å². The van der Waals surface area contributed by atoms with Gasteiger partial charge in [-0.2, -0.15) is 10.1 Å². The lowest BCUT2D eigenvalue weighted by atomic mass is 9.89. The minimum Gasteiger partial charge on any atom is -0.339 e. The number of benzene rings is 1. The zero-order valence-corrected chi connectivity index (χ0v) is 15.9. The van der Waals surface area contributed by atoms with Gasteiger partial charge >= 0.3 is 0 Å². The van der Waals surface area contributed by atoms with E-state index in [-0.39, 0.29) is 23.4 Å². The molecule has 0 spiro atoms. The monoisotopic (exact) mass is 385 g/mol. The SMILES string of the molecule is CCn1cc(Cl)c(C(=O)N2C[C@H](c3ccccc3)[C@@H](c3nc(C)no3)C2)n1. The summed E-state index contributed by atoms with van der Waals surface area (Å²) < 4.78 is 7.10. The van der Waals surface area contributed by atoms with Crippen LogP contribution in [-0.4, -0.2) is 43.8 Å². The van der Waals surface area contributed by atoms with Gasteiger partial charge in [-0.1, -0.05) is 47.1 Å². The van der Waals surface area contributed by atoms with E-state index in [2.05, 4.69) is 27.4 Å². The summed E-state index contributed by atoms with van der Waals surface area (Å²) in [5.41, 5.74) is 1.42. The lowest BCUT2D eigenvalue weighted by Gasteiger charge is -2.15. The van der Waals surface area contributed by atoms with Gasteiger partial charge in [-0.25, -0.2) is 0 Å². The van der Waals surface area contributed by atoms with E-state index in [0.717, 1.165) is 5.56 Å². The highest BCUT2D eigenvalue weighted by Gasteiger charge is 2.41. The highest BCUT2D eigenvalue weighted by atomic mass is 35.5. The third kappa shape index (κ3) is 3.35. The highest BCUT2D eigenvalue weighted by molar-refractivity contribution is 6.33. The van der Waals surface area contributed by atoms with Crippen molar-refractivity contribution in [3.8, 4) is 0 Å². The van der Waals surface area contributed by atoms with Crippen molar-refractivity contribution in [2.24, 2.45) is 0 Å². The van der Waals surface area contributed by atoms with E-state index in [9.17, 15) is 4.79 Å². The second-order valence-corrected chi connectivity index (χ2v) is 7.10. The Labute approximate surface area is 161 Å². The van der Waals surface area contributed by atoms with E-state index in [1.165, 1.54) is 0 Å². The van der Waals surface area contributed by atoms with Crippen LogP contribution in [0.2, 0.25) is 5.02 Å². The van der Waals surface area contributed by atoms with Gasteiger partial charge in [0.1, 0.15) is 0 Å². The van der Waals surface area contributed by atoms with Crippen LogP contribution in [0.4, 0.5) is 0 Å². The quantitative estimate of drug-likeness (QED) is 0.688. The molecular formula is C19H20ClN5O2. The van der Waals surface area contributed by atoms with Crippen LogP contribution in [0, 0.1) is 6.92 Å². The van der Waals surface area contributed by atoms with Crippen molar-refractivity contribution in [2.75, 3.05) is 13.1 Å². The Kier molecular flexibility index (Phi) is 4.70. The zero-order valence-electron chi connectivity index (χ0n) is 15.2. The average Bonchev–Trinajstić information content (AvgIpc) is 3.39. The fourth-order valence-electron chi connectivity index (χ4n) is 3.58. The van der Waals surface area contributed by atoms with Gasteiger partial charge in [0, 0.05) is 31.7 Å². The van der Waals surface area contributed by atoms with Crippen LogP contribution in [0.3, 0.4) is 0 Å². The van der Waals surface area contributed by atoms with Crippen molar-refractivity contribution in [1.29, 1.82) is 0 Å². The van der Waals surface area contributed by atoms with Crippen LogP contribution < -0.4 is 0 Å². The molecule has 1 saturated heterocycles. The van der Waals surface area contributed by atoms with Gasteiger partial charge in [-0.05, 0) is 19.4 Å². The number of rotatable bonds is 4. The molecule has 0 aliphatic carbocycles. The molecule has 3 aromatic rings. The third-order valence-electron chi connectivity index (χ3n) is 4.94. The Morgan fingerprint density at radius 3 is 2.63 bits per heavy atom. The number of carbonyl (C=O) groups excluding carboxylic acids is 1. The van der Waals surface area contributed by atoms with E-state index in [1.807, 2.05) is 25.1 Å². The van der Waals surface area contributed by atoms with Gasteiger partial charge in [-0.15, -0.1) is 0 Å². The summed E-state index contributed by atoms with van der Waals surface area (Å²) in [7, 11) is 0. The molecule has 0 N–H and O–H groups in total. The molecule has 1 aliphatic rings. The molecule has 1 aromatic carbocycles. The number of aromatic nitrogens is 4. The number of likely N-dealkylation sites (tertiary alicyclic amines) is 1. The van der Waals surface area contributed by atoms with Crippen LogP contribution in [0.25, 0.3) is 0 Å². The van der Waals surface area contributed by atoms with Crippen LogP contribution in [0.5, 0.6) is 0 Å². The molecule has 8 heteroatoms. The van der Waals surface area contributed by atoms with E-state index in [1.54, 1.807) is 22.7 Å². The number of halogens is 1. The number of amides is 1. The molecule has 140 valence electrons. The van der Waals surface area contributed by atoms with Crippen molar-refractivity contribution in [3.63, 3.8) is 0 Å². The predicted molar refractivity (Wildman–Crippen MR) is 99.8 cm³/mol. The van der Waals surface area contributed by atoms with Gasteiger partial charge < -0.3 is 9.42 Å². The zero-order chi connectivity index (χ0) is 19.0. The smallest absolute Gasteiger partial charge is 0.275 e. The molecule has 1 fully saturated rings. The molecule has 0 unspecified atom stereocenters. The minimum atomic E-state index is -0.174. The Hall–Kier alpha value is -2.67. The molecule has 4 rings (SSSR count). The van der Waals surface area contributed by atoms with Crippen molar-refractivity contribution in [3.05, 3.63) is 64.5 Å².